The third kappa shape index (κ3) is 4.55. The molecule has 1 aliphatic rings. The summed E-state index contributed by atoms with van der Waals surface area (Å²) in [6, 6.07) is 25.3. The van der Waals surface area contributed by atoms with Crippen molar-refractivity contribution in [1.29, 1.82) is 0 Å². The van der Waals surface area contributed by atoms with Crippen LogP contribution in [0.25, 0.3) is 0 Å². The Morgan fingerprint density at radius 2 is 1.73 bits per heavy atom. The standard InChI is InChI=1S/C24H22N2O2S2/c1-29-21-10-6-5-9-20(21)25-23(28)18-11-13-19(14-12-18)24-26(22(27)16-30-24)15-17-7-3-2-4-8-17/h2-14,24H,15-16H2,1H3,(H,25,28)/t24-/m1/s1. The first kappa shape index (κ1) is 20.6. The van der Waals surface area contributed by atoms with Gasteiger partial charge in [0.15, 0.2) is 0 Å². The van der Waals surface area contributed by atoms with E-state index >= 15 is 0 Å². The SMILES string of the molecule is CSc1ccccc1NC(=O)c1ccc([C@H]2SCC(=O)N2Cc2ccccc2)cc1. The fourth-order valence-corrected chi connectivity index (χ4v) is 5.16. The third-order valence-electron chi connectivity index (χ3n) is 4.98. The summed E-state index contributed by atoms with van der Waals surface area (Å²) in [5, 5.41) is 2.95. The molecule has 0 bridgehead atoms. The van der Waals surface area contributed by atoms with Crippen LogP contribution in [-0.4, -0.2) is 28.7 Å². The van der Waals surface area contributed by atoms with Gasteiger partial charge in [0.05, 0.1) is 11.4 Å². The summed E-state index contributed by atoms with van der Waals surface area (Å²) in [5.41, 5.74) is 3.55. The Bertz CT molecular complexity index is 1040. The third-order valence-corrected chi connectivity index (χ3v) is 7.03. The van der Waals surface area contributed by atoms with Gasteiger partial charge in [-0.05, 0) is 41.6 Å². The highest BCUT2D eigenvalue weighted by molar-refractivity contribution is 8.00. The number of hydrogen-bond donors (Lipinski definition) is 1. The number of amides is 2. The number of para-hydroxylation sites is 1. The summed E-state index contributed by atoms with van der Waals surface area (Å²) < 4.78 is 0. The van der Waals surface area contributed by atoms with E-state index in [0.29, 0.717) is 17.9 Å². The van der Waals surface area contributed by atoms with E-state index in [-0.39, 0.29) is 17.2 Å². The van der Waals surface area contributed by atoms with E-state index in [4.69, 9.17) is 0 Å². The van der Waals surface area contributed by atoms with Crippen molar-refractivity contribution in [1.82, 2.24) is 4.90 Å². The molecular weight excluding hydrogens is 412 g/mol. The molecule has 0 aliphatic carbocycles. The molecule has 30 heavy (non-hydrogen) atoms. The van der Waals surface area contributed by atoms with E-state index in [1.54, 1.807) is 23.5 Å². The van der Waals surface area contributed by atoms with Crippen LogP contribution in [-0.2, 0) is 11.3 Å². The maximum atomic E-state index is 12.7. The lowest BCUT2D eigenvalue weighted by Gasteiger charge is -2.24. The largest absolute Gasteiger partial charge is 0.322 e. The van der Waals surface area contributed by atoms with E-state index in [9.17, 15) is 9.59 Å². The monoisotopic (exact) mass is 434 g/mol. The van der Waals surface area contributed by atoms with Crippen molar-refractivity contribution in [3.8, 4) is 0 Å². The van der Waals surface area contributed by atoms with Crippen LogP contribution < -0.4 is 5.32 Å². The number of rotatable bonds is 6. The lowest BCUT2D eigenvalue weighted by molar-refractivity contribution is -0.128. The molecular formula is C24H22N2O2S2. The Morgan fingerprint density at radius 1 is 1.03 bits per heavy atom. The van der Waals surface area contributed by atoms with Crippen molar-refractivity contribution in [2.75, 3.05) is 17.3 Å². The molecule has 1 N–H and O–H groups in total. The quantitative estimate of drug-likeness (QED) is 0.525. The van der Waals surface area contributed by atoms with Gasteiger partial charge in [0.25, 0.3) is 5.91 Å². The normalized spacial score (nSPS) is 16.0. The smallest absolute Gasteiger partial charge is 0.255 e. The molecule has 0 aromatic heterocycles. The minimum atomic E-state index is -0.139. The molecule has 4 rings (SSSR count). The summed E-state index contributed by atoms with van der Waals surface area (Å²) in [5.74, 6) is 0.481. The zero-order valence-corrected chi connectivity index (χ0v) is 18.2. The van der Waals surface area contributed by atoms with Crippen LogP contribution in [0.4, 0.5) is 5.69 Å². The second-order valence-electron chi connectivity index (χ2n) is 6.95. The Kier molecular flexibility index (Phi) is 6.45. The van der Waals surface area contributed by atoms with Crippen LogP contribution in [0.1, 0.15) is 26.9 Å². The summed E-state index contributed by atoms with van der Waals surface area (Å²) in [6.45, 7) is 0.588. The van der Waals surface area contributed by atoms with E-state index in [2.05, 4.69) is 5.32 Å². The van der Waals surface area contributed by atoms with Gasteiger partial charge in [0.1, 0.15) is 5.37 Å². The predicted octanol–water partition coefficient (Wildman–Crippen LogP) is 5.44. The van der Waals surface area contributed by atoms with Crippen LogP contribution in [0.5, 0.6) is 0 Å². The van der Waals surface area contributed by atoms with Crippen LogP contribution in [0.2, 0.25) is 0 Å². The highest BCUT2D eigenvalue weighted by Gasteiger charge is 2.32. The average molecular weight is 435 g/mol. The van der Waals surface area contributed by atoms with Crippen LogP contribution in [0, 0.1) is 0 Å². The highest BCUT2D eigenvalue weighted by atomic mass is 32.2. The molecule has 3 aromatic rings. The maximum Gasteiger partial charge on any atom is 0.255 e. The van der Waals surface area contributed by atoms with Gasteiger partial charge in [0.2, 0.25) is 5.91 Å². The van der Waals surface area contributed by atoms with Crippen LogP contribution >= 0.6 is 23.5 Å². The van der Waals surface area contributed by atoms with Gasteiger partial charge in [-0.25, -0.2) is 0 Å². The fraction of sp³-hybridized carbons (Fsp3) is 0.167. The maximum absolute atomic E-state index is 12.7. The van der Waals surface area contributed by atoms with Gasteiger partial charge < -0.3 is 10.2 Å². The zero-order valence-electron chi connectivity index (χ0n) is 16.6. The van der Waals surface area contributed by atoms with E-state index in [0.717, 1.165) is 21.7 Å². The van der Waals surface area contributed by atoms with Crippen molar-refractivity contribution in [2.24, 2.45) is 0 Å². The number of nitrogens with zero attached hydrogens (tertiary/aromatic N) is 1. The van der Waals surface area contributed by atoms with E-state index in [1.807, 2.05) is 90.0 Å². The summed E-state index contributed by atoms with van der Waals surface area (Å²) in [6.07, 6.45) is 1.99. The minimum absolute atomic E-state index is 0.0352. The van der Waals surface area contributed by atoms with Gasteiger partial charge >= 0.3 is 0 Å². The zero-order chi connectivity index (χ0) is 20.9. The van der Waals surface area contributed by atoms with Crippen molar-refractivity contribution in [3.05, 3.63) is 95.6 Å². The molecule has 1 aliphatic heterocycles. The average Bonchev–Trinajstić information content (AvgIpc) is 3.15. The number of thioether (sulfide) groups is 2. The first-order valence-electron chi connectivity index (χ1n) is 9.65. The molecule has 4 nitrogen and oxygen atoms in total. The number of carbonyl (C=O) groups excluding carboxylic acids is 2. The predicted molar refractivity (Wildman–Crippen MR) is 125 cm³/mol. The Morgan fingerprint density at radius 3 is 2.47 bits per heavy atom. The fourth-order valence-electron chi connectivity index (χ4n) is 3.42. The number of anilines is 1. The number of benzene rings is 3. The Hall–Kier alpha value is -2.70. The number of carbonyl (C=O) groups is 2. The molecule has 0 radical (unpaired) electrons. The summed E-state index contributed by atoms with van der Waals surface area (Å²) >= 11 is 3.22. The molecule has 1 atom stereocenters. The minimum Gasteiger partial charge on any atom is -0.322 e. The lowest BCUT2D eigenvalue weighted by atomic mass is 10.1. The topological polar surface area (TPSA) is 49.4 Å². The first-order valence-corrected chi connectivity index (χ1v) is 11.9. The first-order chi connectivity index (χ1) is 14.7. The molecule has 1 heterocycles. The van der Waals surface area contributed by atoms with Crippen LogP contribution in [0.15, 0.2) is 83.8 Å². The molecule has 6 heteroatoms. The van der Waals surface area contributed by atoms with Gasteiger partial charge in [-0.1, -0.05) is 54.6 Å². The van der Waals surface area contributed by atoms with Gasteiger partial charge in [-0.15, -0.1) is 23.5 Å². The van der Waals surface area contributed by atoms with Crippen molar-refractivity contribution in [3.63, 3.8) is 0 Å². The summed E-state index contributed by atoms with van der Waals surface area (Å²) in [4.78, 5) is 28.1. The van der Waals surface area contributed by atoms with Gasteiger partial charge in [-0.3, -0.25) is 9.59 Å². The van der Waals surface area contributed by atoms with E-state index in [1.165, 1.54) is 0 Å². The molecule has 152 valence electrons. The van der Waals surface area contributed by atoms with Gasteiger partial charge in [0, 0.05) is 17.0 Å². The molecule has 1 saturated heterocycles. The Labute approximate surface area is 185 Å². The van der Waals surface area contributed by atoms with Crippen molar-refractivity contribution >= 4 is 41.0 Å². The lowest BCUT2D eigenvalue weighted by Crippen LogP contribution is -2.27. The second-order valence-corrected chi connectivity index (χ2v) is 8.86. The highest BCUT2D eigenvalue weighted by Crippen LogP contribution is 2.39. The number of hydrogen-bond acceptors (Lipinski definition) is 4. The van der Waals surface area contributed by atoms with Gasteiger partial charge in [-0.2, -0.15) is 0 Å². The Balaban J connectivity index is 1.48. The number of nitrogens with one attached hydrogen (secondary N) is 1. The summed E-state index contributed by atoms with van der Waals surface area (Å²) in [7, 11) is 0. The van der Waals surface area contributed by atoms with Crippen molar-refractivity contribution in [2.45, 2.75) is 16.8 Å². The molecule has 0 unspecified atom stereocenters. The molecule has 1 fully saturated rings. The molecule has 0 saturated carbocycles. The molecule has 3 aromatic carbocycles. The van der Waals surface area contributed by atoms with Crippen molar-refractivity contribution < 1.29 is 9.59 Å². The second kappa shape index (κ2) is 9.41. The van der Waals surface area contributed by atoms with Crippen LogP contribution in [0.3, 0.4) is 0 Å². The van der Waals surface area contributed by atoms with E-state index < -0.39 is 0 Å². The molecule has 0 spiro atoms. The molecule has 2 amide bonds.